The average molecular weight is 363 g/mol. The van der Waals surface area contributed by atoms with Gasteiger partial charge in [-0.25, -0.2) is 0 Å². The van der Waals surface area contributed by atoms with Gasteiger partial charge in [0.25, 0.3) is 5.91 Å². The summed E-state index contributed by atoms with van der Waals surface area (Å²) in [6, 6.07) is 11.7. The number of anilines is 1. The fraction of sp³-hybridized carbons (Fsp3) is 0.238. The highest BCUT2D eigenvalue weighted by molar-refractivity contribution is 6.06. The predicted octanol–water partition coefficient (Wildman–Crippen LogP) is 2.00. The third-order valence-electron chi connectivity index (χ3n) is 4.98. The van der Waals surface area contributed by atoms with Crippen LogP contribution in [0.15, 0.2) is 48.8 Å². The number of aromatic nitrogens is 2. The molecule has 0 atom stereocenters. The van der Waals surface area contributed by atoms with Crippen molar-refractivity contribution in [3.8, 4) is 16.9 Å². The van der Waals surface area contributed by atoms with Crippen molar-refractivity contribution in [2.24, 2.45) is 0 Å². The summed E-state index contributed by atoms with van der Waals surface area (Å²) in [5.74, 6) is 0.362. The fourth-order valence-electron chi connectivity index (χ4n) is 3.51. The molecule has 2 heterocycles. The van der Waals surface area contributed by atoms with E-state index < -0.39 is 0 Å². The SMILES string of the molecule is COc1cc(-c2cn[nH]c2)ccc1C(=O)Nc1ccc2c(c1)CC[NH2+]CC2. The van der Waals surface area contributed by atoms with E-state index in [2.05, 4.69) is 33.0 Å². The van der Waals surface area contributed by atoms with Crippen molar-refractivity contribution < 1.29 is 14.8 Å². The number of benzene rings is 2. The molecule has 0 fully saturated rings. The van der Waals surface area contributed by atoms with Crippen LogP contribution in [0.2, 0.25) is 0 Å². The van der Waals surface area contributed by atoms with Crippen molar-refractivity contribution in [3.05, 3.63) is 65.5 Å². The van der Waals surface area contributed by atoms with Gasteiger partial charge in [0.05, 0.1) is 32.0 Å². The number of rotatable bonds is 4. The van der Waals surface area contributed by atoms with Crippen LogP contribution < -0.4 is 15.4 Å². The van der Waals surface area contributed by atoms with Crippen molar-refractivity contribution in [3.63, 3.8) is 0 Å². The highest BCUT2D eigenvalue weighted by atomic mass is 16.5. The zero-order valence-corrected chi connectivity index (χ0v) is 15.3. The van der Waals surface area contributed by atoms with Gasteiger partial charge < -0.3 is 15.4 Å². The first kappa shape index (κ1) is 17.3. The van der Waals surface area contributed by atoms with Crippen LogP contribution >= 0.6 is 0 Å². The van der Waals surface area contributed by atoms with Crippen molar-refractivity contribution in [1.29, 1.82) is 0 Å². The van der Waals surface area contributed by atoms with Crippen LogP contribution in [0, 0.1) is 0 Å². The molecule has 6 nitrogen and oxygen atoms in total. The Labute approximate surface area is 158 Å². The van der Waals surface area contributed by atoms with Crippen LogP contribution in [0.25, 0.3) is 11.1 Å². The maximum absolute atomic E-state index is 12.8. The number of H-pyrrole nitrogens is 1. The number of hydrogen-bond acceptors (Lipinski definition) is 3. The van der Waals surface area contributed by atoms with Crippen molar-refractivity contribution in [2.75, 3.05) is 25.5 Å². The number of amides is 1. The summed E-state index contributed by atoms with van der Waals surface area (Å²) in [5.41, 5.74) is 5.92. The van der Waals surface area contributed by atoms with Gasteiger partial charge in [-0.15, -0.1) is 0 Å². The van der Waals surface area contributed by atoms with Crippen LogP contribution in [0.3, 0.4) is 0 Å². The van der Waals surface area contributed by atoms with E-state index in [1.165, 1.54) is 11.1 Å². The lowest BCUT2D eigenvalue weighted by molar-refractivity contribution is -0.652. The quantitative estimate of drug-likeness (QED) is 0.663. The van der Waals surface area contributed by atoms with E-state index in [1.807, 2.05) is 24.4 Å². The van der Waals surface area contributed by atoms with Crippen molar-refractivity contribution >= 4 is 11.6 Å². The van der Waals surface area contributed by atoms with E-state index in [1.54, 1.807) is 19.4 Å². The minimum atomic E-state index is -0.175. The second kappa shape index (κ2) is 7.63. The van der Waals surface area contributed by atoms with Crippen LogP contribution in [-0.2, 0) is 12.8 Å². The molecule has 2 aromatic carbocycles. The Morgan fingerprint density at radius 1 is 1.11 bits per heavy atom. The molecule has 0 bridgehead atoms. The minimum Gasteiger partial charge on any atom is -0.496 e. The van der Waals surface area contributed by atoms with Gasteiger partial charge in [-0.2, -0.15) is 5.10 Å². The number of quaternary nitrogens is 1. The summed E-state index contributed by atoms with van der Waals surface area (Å²) in [6.45, 7) is 2.21. The Morgan fingerprint density at radius 3 is 2.74 bits per heavy atom. The normalized spacial score (nSPS) is 13.5. The summed E-state index contributed by atoms with van der Waals surface area (Å²) in [5, 5.41) is 12.1. The molecule has 0 saturated carbocycles. The van der Waals surface area contributed by atoms with E-state index in [0.29, 0.717) is 11.3 Å². The van der Waals surface area contributed by atoms with Gasteiger partial charge >= 0.3 is 0 Å². The third kappa shape index (κ3) is 3.71. The van der Waals surface area contributed by atoms with Gasteiger partial charge in [0, 0.05) is 30.3 Å². The molecule has 4 rings (SSSR count). The Kier molecular flexibility index (Phi) is 4.89. The number of methoxy groups -OCH3 is 1. The van der Waals surface area contributed by atoms with Crippen LogP contribution in [0.4, 0.5) is 5.69 Å². The molecule has 1 aliphatic heterocycles. The molecular formula is C21H23N4O2+. The molecule has 0 radical (unpaired) electrons. The number of ether oxygens (including phenoxy) is 1. The van der Waals surface area contributed by atoms with Gasteiger partial charge in [-0.3, -0.25) is 9.89 Å². The summed E-state index contributed by atoms with van der Waals surface area (Å²) in [4.78, 5) is 12.8. The van der Waals surface area contributed by atoms with E-state index in [4.69, 9.17) is 4.74 Å². The van der Waals surface area contributed by atoms with Crippen molar-refractivity contribution in [2.45, 2.75) is 12.8 Å². The Hall–Kier alpha value is -3.12. The lowest BCUT2D eigenvalue weighted by Gasteiger charge is -2.12. The summed E-state index contributed by atoms with van der Waals surface area (Å²) < 4.78 is 5.45. The first-order chi connectivity index (χ1) is 13.2. The second-order valence-corrected chi connectivity index (χ2v) is 6.71. The summed E-state index contributed by atoms with van der Waals surface area (Å²) in [7, 11) is 1.57. The van der Waals surface area contributed by atoms with E-state index in [0.717, 1.165) is 42.7 Å². The summed E-state index contributed by atoms with van der Waals surface area (Å²) in [6.07, 6.45) is 5.65. The lowest BCUT2D eigenvalue weighted by atomic mass is 10.0. The van der Waals surface area contributed by atoms with Gasteiger partial charge in [-0.1, -0.05) is 12.1 Å². The number of hydrogen-bond donors (Lipinski definition) is 3. The van der Waals surface area contributed by atoms with Crippen LogP contribution in [0.5, 0.6) is 5.75 Å². The molecule has 0 aliphatic carbocycles. The molecule has 0 unspecified atom stereocenters. The topological polar surface area (TPSA) is 83.6 Å². The highest BCUT2D eigenvalue weighted by Crippen LogP contribution is 2.28. The largest absolute Gasteiger partial charge is 0.496 e. The van der Waals surface area contributed by atoms with Gasteiger partial charge in [0.2, 0.25) is 0 Å². The fourth-order valence-corrected chi connectivity index (χ4v) is 3.51. The number of carbonyl (C=O) groups excluding carboxylic acids is 1. The predicted molar refractivity (Wildman–Crippen MR) is 104 cm³/mol. The molecule has 1 aliphatic rings. The number of nitrogens with zero attached hydrogens (tertiary/aromatic N) is 1. The van der Waals surface area contributed by atoms with Gasteiger partial charge in [0.1, 0.15) is 5.75 Å². The molecule has 6 heteroatoms. The smallest absolute Gasteiger partial charge is 0.259 e. The molecule has 0 saturated heterocycles. The second-order valence-electron chi connectivity index (χ2n) is 6.71. The number of fused-ring (bicyclic) bond motifs is 1. The molecule has 0 spiro atoms. The maximum atomic E-state index is 12.8. The standard InChI is InChI=1S/C21H22N4O2/c1-27-20-11-15(17-12-23-24-13-17)3-5-19(20)21(26)25-18-4-2-14-6-8-22-9-7-16(14)10-18/h2-5,10-13,22H,6-9H2,1H3,(H,23,24)(H,25,26)/p+1. The van der Waals surface area contributed by atoms with Crippen LogP contribution in [-0.4, -0.2) is 36.3 Å². The highest BCUT2D eigenvalue weighted by Gasteiger charge is 2.16. The number of nitrogens with two attached hydrogens (primary N) is 1. The molecule has 1 amide bonds. The van der Waals surface area contributed by atoms with E-state index in [-0.39, 0.29) is 5.91 Å². The monoisotopic (exact) mass is 363 g/mol. The average Bonchev–Trinajstić information content (AvgIpc) is 3.13. The van der Waals surface area contributed by atoms with Crippen molar-refractivity contribution in [1.82, 2.24) is 10.2 Å². The summed E-state index contributed by atoms with van der Waals surface area (Å²) >= 11 is 0. The minimum absolute atomic E-state index is 0.175. The van der Waals surface area contributed by atoms with Gasteiger partial charge in [-0.05, 0) is 41.0 Å². The molecule has 138 valence electrons. The number of carbonyl (C=O) groups is 1. The molecule has 1 aromatic heterocycles. The first-order valence-electron chi connectivity index (χ1n) is 9.16. The number of aromatic amines is 1. The zero-order valence-electron chi connectivity index (χ0n) is 15.3. The Balaban J connectivity index is 1.57. The Bertz CT molecular complexity index is 951. The van der Waals surface area contributed by atoms with E-state index >= 15 is 0 Å². The third-order valence-corrected chi connectivity index (χ3v) is 4.98. The zero-order chi connectivity index (χ0) is 18.6. The molecule has 4 N–H and O–H groups in total. The van der Waals surface area contributed by atoms with Gasteiger partial charge in [0.15, 0.2) is 0 Å². The number of nitrogens with one attached hydrogen (secondary N) is 2. The molecule has 3 aromatic rings. The maximum Gasteiger partial charge on any atom is 0.259 e. The van der Waals surface area contributed by atoms with Crippen LogP contribution in [0.1, 0.15) is 21.5 Å². The molecular weight excluding hydrogens is 340 g/mol. The first-order valence-corrected chi connectivity index (χ1v) is 9.16. The lowest BCUT2D eigenvalue weighted by Crippen LogP contribution is -2.84. The molecule has 27 heavy (non-hydrogen) atoms. The van der Waals surface area contributed by atoms with E-state index in [9.17, 15) is 4.79 Å². The Morgan fingerprint density at radius 2 is 1.96 bits per heavy atom.